The second kappa shape index (κ2) is 35.1. The van der Waals surface area contributed by atoms with Crippen molar-refractivity contribution in [2.75, 3.05) is 53.7 Å². The van der Waals surface area contributed by atoms with Crippen molar-refractivity contribution >= 4 is 29.5 Å². The van der Waals surface area contributed by atoms with E-state index in [2.05, 4.69) is 78.6 Å². The lowest BCUT2D eigenvalue weighted by atomic mass is 9.93. The molecule has 0 heterocycles. The van der Waals surface area contributed by atoms with Gasteiger partial charge in [-0.3, -0.25) is 24.0 Å². The van der Waals surface area contributed by atoms with E-state index in [0.29, 0.717) is 84.4 Å². The van der Waals surface area contributed by atoms with Crippen LogP contribution in [-0.4, -0.2) is 83.1 Å². The number of nitrogens with zero attached hydrogens (tertiary/aromatic N) is 3. The van der Waals surface area contributed by atoms with Crippen LogP contribution in [0.25, 0.3) is 21.6 Å². The molecule has 59 heavy (non-hydrogen) atoms. The number of benzene rings is 2. The number of amides is 3. The van der Waals surface area contributed by atoms with Gasteiger partial charge in [0.15, 0.2) is 0 Å². The van der Waals surface area contributed by atoms with Crippen LogP contribution >= 0.6 is 0 Å². The number of unbranched alkanes of at least 4 members (excludes halogenated alkanes) is 1. The topological polar surface area (TPSA) is 230 Å². The monoisotopic (exact) mass is 811 g/mol. The number of ether oxygens (including phenoxy) is 1. The number of Topliss-reactive ketones (excluding diaryl/α,β-unsaturated/α-hetero) is 1. The summed E-state index contributed by atoms with van der Waals surface area (Å²) in [4.78, 5) is 58.2. The van der Waals surface area contributed by atoms with Crippen molar-refractivity contribution in [3.63, 3.8) is 0 Å². The second-order valence-corrected chi connectivity index (χ2v) is 12.9. The van der Waals surface area contributed by atoms with Crippen molar-refractivity contribution < 1.29 is 28.7 Å². The highest BCUT2D eigenvalue weighted by Crippen LogP contribution is 2.44. The van der Waals surface area contributed by atoms with E-state index in [1.807, 2.05) is 24.3 Å². The Morgan fingerprint density at radius 1 is 0.780 bits per heavy atom. The molecule has 15 nitrogen and oxygen atoms in total. The minimum Gasteiger partial charge on any atom is -0.465 e. The van der Waals surface area contributed by atoms with E-state index in [1.165, 1.54) is 29.2 Å². The zero-order valence-corrected chi connectivity index (χ0v) is 34.7. The second-order valence-electron chi connectivity index (χ2n) is 12.9. The maximum Gasteiger partial charge on any atom is 0.302 e. The molecule has 0 saturated carbocycles. The van der Waals surface area contributed by atoms with Gasteiger partial charge in [0.25, 0.3) is 0 Å². The van der Waals surface area contributed by atoms with Crippen molar-refractivity contribution in [1.82, 2.24) is 26.6 Å². The minimum atomic E-state index is -0.225. The van der Waals surface area contributed by atoms with E-state index in [0.717, 1.165) is 12.8 Å². The van der Waals surface area contributed by atoms with Crippen molar-refractivity contribution in [3.8, 4) is 48.2 Å². The quantitative estimate of drug-likeness (QED) is 0.0189. The Morgan fingerprint density at radius 3 is 1.68 bits per heavy atom. The third-order valence-corrected chi connectivity index (χ3v) is 8.43. The average molecular weight is 812 g/mol. The fourth-order valence-corrected chi connectivity index (χ4v) is 5.47. The predicted molar refractivity (Wildman–Crippen MR) is 232 cm³/mol. The number of hydrogen-bond donors (Lipinski definition) is 6. The van der Waals surface area contributed by atoms with E-state index in [1.54, 1.807) is 14.1 Å². The number of nitrogens with one attached hydrogen (secondary N) is 5. The molecule has 0 fully saturated rings. The molecule has 2 aromatic carbocycles. The van der Waals surface area contributed by atoms with Gasteiger partial charge in [-0.15, -0.1) is 37.0 Å². The van der Waals surface area contributed by atoms with Gasteiger partial charge in [0.1, 0.15) is 12.4 Å². The summed E-state index contributed by atoms with van der Waals surface area (Å²) in [5, 5.41) is 17.0. The van der Waals surface area contributed by atoms with E-state index in [-0.39, 0.29) is 47.9 Å². The molecule has 0 aliphatic heterocycles. The van der Waals surface area contributed by atoms with Crippen molar-refractivity contribution in [1.29, 1.82) is 0 Å². The zero-order chi connectivity index (χ0) is 44.1. The number of rotatable bonds is 22. The predicted octanol–water partition coefficient (Wildman–Crippen LogP) is 4.28. The number of ketones is 1. The molecule has 2 aromatic rings. The molecule has 318 valence electrons. The lowest BCUT2D eigenvalue weighted by molar-refractivity contribution is -0.141. The largest absolute Gasteiger partial charge is 0.465 e. The Hall–Kier alpha value is -6.14. The standard InChI is InChI=1S/C16H14O2.C14H23N5O2.2C7H12N2O/c1-11(17)18-10-16-14-8-4-2-6-12(14)13-7-3-5-9-15(13)16;1-2-3-7-14(21)17-10-8-12(13(20)11-15)6-4-5-9-18-19-16;2*1-3-4-5-7(10)9-6-8-2/h2-9,16H,10H2,1H3;1,12H,3-11,15H2,(H,17,21);2*1,8H,4-6H2,2H3,(H,9,10). The van der Waals surface area contributed by atoms with Gasteiger partial charge in [-0.25, -0.2) is 0 Å². The highest BCUT2D eigenvalue weighted by atomic mass is 16.5. The molecule has 1 unspecified atom stereocenters. The van der Waals surface area contributed by atoms with Crippen molar-refractivity contribution in [3.05, 3.63) is 70.1 Å². The molecule has 0 bridgehead atoms. The Kier molecular flexibility index (Phi) is 31.4. The number of hydrogen-bond acceptors (Lipinski definition) is 10. The third kappa shape index (κ3) is 25.0. The van der Waals surface area contributed by atoms with Gasteiger partial charge >= 0.3 is 5.97 Å². The first-order chi connectivity index (χ1) is 28.5. The summed E-state index contributed by atoms with van der Waals surface area (Å²) in [5.41, 5.74) is 18.6. The van der Waals surface area contributed by atoms with Crippen LogP contribution in [0.15, 0.2) is 53.6 Å². The van der Waals surface area contributed by atoms with Gasteiger partial charge in [-0.2, -0.15) is 0 Å². The first-order valence-electron chi connectivity index (χ1n) is 19.5. The fourth-order valence-electron chi connectivity index (χ4n) is 5.47. The summed E-state index contributed by atoms with van der Waals surface area (Å²) in [6.07, 6.45) is 20.4. The lowest BCUT2D eigenvalue weighted by Crippen LogP contribution is -2.31. The molecule has 3 rings (SSSR count). The van der Waals surface area contributed by atoms with Crippen LogP contribution < -0.4 is 32.3 Å². The van der Waals surface area contributed by atoms with Gasteiger partial charge in [0, 0.05) is 75.3 Å². The molecule has 7 N–H and O–H groups in total. The maximum atomic E-state index is 11.7. The van der Waals surface area contributed by atoms with E-state index in [4.69, 9.17) is 35.3 Å². The molecule has 0 radical (unpaired) electrons. The number of azide groups is 1. The van der Waals surface area contributed by atoms with Crippen LogP contribution in [-0.2, 0) is 28.7 Å². The summed E-state index contributed by atoms with van der Waals surface area (Å²) in [7, 11) is 3.53. The molecule has 1 atom stereocenters. The van der Waals surface area contributed by atoms with Gasteiger partial charge in [-0.05, 0) is 61.1 Å². The van der Waals surface area contributed by atoms with Crippen molar-refractivity contribution in [2.24, 2.45) is 16.8 Å². The number of carbonyl (C=O) groups excluding carboxylic acids is 5. The average Bonchev–Trinajstić information content (AvgIpc) is 3.57. The van der Waals surface area contributed by atoms with Crippen molar-refractivity contribution in [2.45, 2.75) is 77.0 Å². The first kappa shape index (κ1) is 52.9. The van der Waals surface area contributed by atoms with Gasteiger partial charge in [-0.1, -0.05) is 60.1 Å². The summed E-state index contributed by atoms with van der Waals surface area (Å²) < 4.78 is 5.20. The molecule has 3 amide bonds. The summed E-state index contributed by atoms with van der Waals surface area (Å²) in [5.74, 6) is 6.86. The van der Waals surface area contributed by atoms with Gasteiger partial charge in [0.2, 0.25) is 17.7 Å². The van der Waals surface area contributed by atoms with Gasteiger partial charge < -0.3 is 37.1 Å². The molecule has 1 aliphatic carbocycles. The molecule has 15 heteroatoms. The van der Waals surface area contributed by atoms with Gasteiger partial charge in [0.05, 0.1) is 19.9 Å². The number of terminal acetylenes is 3. The highest BCUT2D eigenvalue weighted by Gasteiger charge is 2.28. The maximum absolute atomic E-state index is 11.7. The van der Waals surface area contributed by atoms with E-state index >= 15 is 0 Å². The third-order valence-electron chi connectivity index (χ3n) is 8.43. The molecular formula is C44H61N9O6. The Morgan fingerprint density at radius 2 is 1.25 bits per heavy atom. The SMILES string of the molecule is C#CCCC(=O)NCCC(CCCCN=[N+]=[N-])C(=O)CN.C#CCCC(=O)NCNC.C#CCCC(=O)NCNC.CC(=O)OCC1c2ccccc2-c2ccccc21. The number of esters is 1. The fraction of sp³-hybridized carbons (Fsp3) is 0.477. The molecular weight excluding hydrogens is 751 g/mol. The number of nitrogens with two attached hydrogens (primary N) is 1. The van der Waals surface area contributed by atoms with E-state index < -0.39 is 0 Å². The molecule has 1 aliphatic rings. The smallest absolute Gasteiger partial charge is 0.302 e. The van der Waals surface area contributed by atoms with Crippen LogP contribution in [0, 0.1) is 42.9 Å². The Bertz CT molecular complexity index is 1680. The first-order valence-corrected chi connectivity index (χ1v) is 19.5. The number of fused-ring (bicyclic) bond motifs is 3. The zero-order valence-electron chi connectivity index (χ0n) is 34.7. The minimum absolute atomic E-state index is 0.00309. The Balaban J connectivity index is 0.000000801. The summed E-state index contributed by atoms with van der Waals surface area (Å²) in [6, 6.07) is 16.6. The lowest BCUT2D eigenvalue weighted by Gasteiger charge is -2.15. The molecule has 0 aromatic heterocycles. The van der Waals surface area contributed by atoms with Crippen LogP contribution in [0.1, 0.15) is 88.2 Å². The summed E-state index contributed by atoms with van der Waals surface area (Å²) in [6.45, 7) is 3.76. The van der Waals surface area contributed by atoms with Crippen LogP contribution in [0.3, 0.4) is 0 Å². The highest BCUT2D eigenvalue weighted by molar-refractivity contribution is 5.83. The summed E-state index contributed by atoms with van der Waals surface area (Å²) >= 11 is 0. The Labute approximate surface area is 349 Å². The van der Waals surface area contributed by atoms with Crippen LogP contribution in [0.2, 0.25) is 0 Å². The van der Waals surface area contributed by atoms with Crippen LogP contribution in [0.4, 0.5) is 0 Å². The molecule has 0 spiro atoms. The van der Waals surface area contributed by atoms with E-state index in [9.17, 15) is 24.0 Å². The normalized spacial score (nSPS) is 10.7. The molecule has 0 saturated heterocycles. The van der Waals surface area contributed by atoms with Crippen LogP contribution in [0.5, 0.6) is 0 Å². The number of carbonyl (C=O) groups is 5.